The first-order valence-electron chi connectivity index (χ1n) is 7.16. The molecule has 0 saturated carbocycles. The second kappa shape index (κ2) is 6.43. The zero-order valence-electron chi connectivity index (χ0n) is 12.1. The zero-order chi connectivity index (χ0) is 15.5. The Bertz CT molecular complexity index is 645. The molecule has 0 aromatic heterocycles. The Labute approximate surface area is 153 Å². The Balaban J connectivity index is 2.41. The van der Waals surface area contributed by atoms with Crippen molar-refractivity contribution in [3.8, 4) is 0 Å². The molecule has 3 aromatic rings. The van der Waals surface area contributed by atoms with E-state index in [-0.39, 0.29) is 0 Å². The maximum absolute atomic E-state index is 4.34. The van der Waals surface area contributed by atoms with E-state index in [4.69, 9.17) is 0 Å². The van der Waals surface area contributed by atoms with Crippen molar-refractivity contribution < 1.29 is 0 Å². The van der Waals surface area contributed by atoms with E-state index in [1.807, 2.05) is 0 Å². The quantitative estimate of drug-likeness (QED) is 0.272. The average molecular weight is 483 g/mol. The van der Waals surface area contributed by atoms with Crippen LogP contribution in [-0.4, -0.2) is 4.17 Å². The van der Waals surface area contributed by atoms with Crippen LogP contribution in [0.5, 0.6) is 0 Å². The third kappa shape index (κ3) is 2.46. The van der Waals surface area contributed by atoms with Gasteiger partial charge in [-0.2, -0.15) is 0 Å². The van der Waals surface area contributed by atoms with Crippen LogP contribution in [0.2, 0.25) is 0 Å². The van der Waals surface area contributed by atoms with Crippen LogP contribution in [0.3, 0.4) is 0 Å². The average Bonchev–Trinajstić information content (AvgIpc) is 2.63. The van der Waals surface area contributed by atoms with Crippen molar-refractivity contribution in [3.63, 3.8) is 0 Å². The minimum atomic E-state index is -2.60. The van der Waals surface area contributed by atoms with Crippen LogP contribution in [0.4, 0.5) is 0 Å². The van der Waals surface area contributed by atoms with Crippen LogP contribution < -0.4 is 15.9 Å². The zero-order valence-corrected chi connectivity index (χ0v) is 16.7. The third-order valence-electron chi connectivity index (χ3n) is 4.11. The molecule has 0 bridgehead atoms. The Morgan fingerprint density at radius 2 is 0.864 bits per heavy atom. The van der Waals surface area contributed by atoms with Gasteiger partial charge in [0.15, 0.2) is 0 Å². The summed E-state index contributed by atoms with van der Waals surface area (Å²) >= 11 is 6.88. The molecule has 0 aliphatic heterocycles. The Hall–Kier alpha value is -0.700. The van der Waals surface area contributed by atoms with E-state index >= 15 is 0 Å². The summed E-state index contributed by atoms with van der Waals surface area (Å²) in [5.74, 6) is 0. The van der Waals surface area contributed by atoms with Crippen molar-refractivity contribution in [3.05, 3.63) is 91.0 Å². The molecule has 0 aliphatic rings. The van der Waals surface area contributed by atoms with Crippen molar-refractivity contribution in [2.45, 2.75) is 0 Å². The molecule has 0 N–H and O–H groups in total. The summed E-state index contributed by atoms with van der Waals surface area (Å²) < 4.78 is 1.02. The van der Waals surface area contributed by atoms with Crippen molar-refractivity contribution >= 4 is 59.3 Å². The second-order valence-electron chi connectivity index (χ2n) is 5.31. The molecule has 112 valence electrons. The van der Waals surface area contributed by atoms with E-state index in [1.165, 1.54) is 15.9 Å². The maximum atomic E-state index is 4.34. The van der Waals surface area contributed by atoms with Gasteiger partial charge in [-0.15, -0.1) is 0 Å². The van der Waals surface area contributed by atoms with Gasteiger partial charge in [0, 0.05) is 0 Å². The molecule has 0 unspecified atom stereocenters. The first-order valence-corrected chi connectivity index (χ1v) is 13.1. The fourth-order valence-corrected chi connectivity index (χ4v) is 12.2. The van der Waals surface area contributed by atoms with E-state index in [9.17, 15) is 0 Å². The molecule has 3 aromatic carbocycles. The van der Waals surface area contributed by atoms with Crippen LogP contribution in [0.25, 0.3) is 0 Å². The van der Waals surface area contributed by atoms with Crippen LogP contribution in [-0.2, 0) is 0 Å². The molecule has 0 atom stereocenters. The Kier molecular flexibility index (Phi) is 4.72. The van der Waals surface area contributed by atoms with Crippen molar-refractivity contribution in [1.29, 1.82) is 0 Å². The topological polar surface area (TPSA) is 0 Å². The molecule has 0 amide bonds. The van der Waals surface area contributed by atoms with Crippen LogP contribution in [0, 0.1) is 0 Å². The Morgan fingerprint density at radius 1 is 0.591 bits per heavy atom. The number of halogens is 2. The fraction of sp³-hybridized carbons (Fsp3) is 0.0526. The van der Waals surface area contributed by atoms with Gasteiger partial charge in [0.05, 0.1) is 0 Å². The van der Waals surface area contributed by atoms with E-state index < -0.39 is 5.31 Å². The van der Waals surface area contributed by atoms with Gasteiger partial charge in [-0.1, -0.05) is 0 Å². The summed E-state index contributed by atoms with van der Waals surface area (Å²) in [6.07, 6.45) is 0. The first-order chi connectivity index (χ1) is 10.7. The molecule has 0 fully saturated rings. The number of rotatable bonds is 4. The van der Waals surface area contributed by atoms with Gasteiger partial charge in [0.2, 0.25) is 0 Å². The second-order valence-corrected chi connectivity index (χ2v) is 16.2. The van der Waals surface area contributed by atoms with Gasteiger partial charge in [0.25, 0.3) is 0 Å². The summed E-state index contributed by atoms with van der Waals surface area (Å²) in [5.41, 5.74) is 0. The van der Waals surface area contributed by atoms with Gasteiger partial charge in [0.1, 0.15) is 0 Å². The summed E-state index contributed by atoms with van der Waals surface area (Å²) in [4.78, 5) is 0. The summed E-state index contributed by atoms with van der Waals surface area (Å²) in [7, 11) is 0. The fourth-order valence-electron chi connectivity index (χ4n) is 2.87. The van der Waals surface area contributed by atoms with Crippen LogP contribution >= 0.6 is 43.4 Å². The normalized spacial score (nSPS) is 13.3. The van der Waals surface area contributed by atoms with Crippen molar-refractivity contribution in [2.24, 2.45) is 0 Å². The number of benzene rings is 3. The Morgan fingerprint density at radius 3 is 1.09 bits per heavy atom. The molecule has 0 spiro atoms. The van der Waals surface area contributed by atoms with Gasteiger partial charge in [-0.3, -0.25) is 0 Å². The van der Waals surface area contributed by atoms with Gasteiger partial charge in [-0.25, -0.2) is 0 Å². The SMILES string of the molecule is BrP(CI)(c1ccccc1)(c1ccccc1)c1ccccc1. The predicted octanol–water partition coefficient (Wildman–Crippen LogP) is 5.22. The molecule has 0 radical (unpaired) electrons. The van der Waals surface area contributed by atoms with E-state index in [0.29, 0.717) is 0 Å². The summed E-state index contributed by atoms with van der Waals surface area (Å²) in [6.45, 7) is 0. The van der Waals surface area contributed by atoms with Gasteiger partial charge >= 0.3 is 154 Å². The summed E-state index contributed by atoms with van der Waals surface area (Å²) in [5, 5.41) is 1.52. The van der Waals surface area contributed by atoms with Crippen LogP contribution in [0.15, 0.2) is 91.0 Å². The van der Waals surface area contributed by atoms with E-state index in [0.717, 1.165) is 4.17 Å². The molecule has 0 saturated heterocycles. The third-order valence-corrected chi connectivity index (χ3v) is 20.0. The monoisotopic (exact) mass is 482 g/mol. The molecule has 0 nitrogen and oxygen atoms in total. The predicted molar refractivity (Wildman–Crippen MR) is 113 cm³/mol. The molecular weight excluding hydrogens is 466 g/mol. The molecule has 0 heterocycles. The van der Waals surface area contributed by atoms with Crippen molar-refractivity contribution in [1.82, 2.24) is 0 Å². The first kappa shape index (κ1) is 16.2. The van der Waals surface area contributed by atoms with Gasteiger partial charge < -0.3 is 0 Å². The standard InChI is InChI=1S/C19H17BrIP/c20-22(16-21,17-10-4-1-5-11-17,18-12-6-2-7-13-18)19-14-8-3-9-15-19/h1-15H,16H2. The molecule has 22 heavy (non-hydrogen) atoms. The molecular formula is C19H17BrIP. The minimum absolute atomic E-state index is 1.02. The molecule has 3 rings (SSSR count). The number of alkyl halides is 1. The number of hydrogen-bond acceptors (Lipinski definition) is 0. The van der Waals surface area contributed by atoms with E-state index in [2.05, 4.69) is 129 Å². The van der Waals surface area contributed by atoms with Crippen LogP contribution in [0.1, 0.15) is 0 Å². The molecule has 0 aliphatic carbocycles. The molecule has 3 heteroatoms. The van der Waals surface area contributed by atoms with Crippen molar-refractivity contribution in [2.75, 3.05) is 4.17 Å². The van der Waals surface area contributed by atoms with E-state index in [1.54, 1.807) is 0 Å². The summed E-state index contributed by atoms with van der Waals surface area (Å²) in [6, 6.07) is 32.6. The number of hydrogen-bond donors (Lipinski definition) is 0. The van der Waals surface area contributed by atoms with Gasteiger partial charge in [-0.05, 0) is 0 Å².